The van der Waals surface area contributed by atoms with Crippen LogP contribution < -0.4 is 0 Å². The lowest BCUT2D eigenvalue weighted by molar-refractivity contribution is -0.168. The molecule has 4 aliphatic rings. The lowest BCUT2D eigenvalue weighted by atomic mass is 9.78. The number of carbonyl (C=O) groups is 1. The van der Waals surface area contributed by atoms with E-state index in [2.05, 4.69) is 6.92 Å². The Balaban J connectivity index is 1.75. The number of epoxide rings is 1. The van der Waals surface area contributed by atoms with E-state index in [9.17, 15) is 4.79 Å². The first-order chi connectivity index (χ1) is 7.21. The second kappa shape index (κ2) is 2.44. The van der Waals surface area contributed by atoms with E-state index < -0.39 is 0 Å². The van der Waals surface area contributed by atoms with Crippen molar-refractivity contribution in [3.8, 4) is 0 Å². The molecule has 3 heterocycles. The predicted octanol–water partition coefficient (Wildman–Crippen LogP) is 0.432. The first-order valence-corrected chi connectivity index (χ1v) is 5.73. The first kappa shape index (κ1) is 8.67. The summed E-state index contributed by atoms with van der Waals surface area (Å²) in [5, 5.41) is 0. The van der Waals surface area contributed by atoms with Crippen LogP contribution in [-0.2, 0) is 19.0 Å². The molecule has 0 aromatic heterocycles. The minimum absolute atomic E-state index is 0.0171. The second-order valence-corrected chi connectivity index (χ2v) is 5.16. The second-order valence-electron chi connectivity index (χ2n) is 5.16. The van der Waals surface area contributed by atoms with Gasteiger partial charge in [0.15, 0.2) is 5.78 Å². The standard InChI is InChI=1S/C11H14O4/c1-5-2-3-7-11(15-5)4-6(13-7)8(12)9-10(11)14-9/h5-7,9-10H,2-4H2,1H3/t5-,6+,7-,9?,10-,11-/m0/s1. The first-order valence-electron chi connectivity index (χ1n) is 5.73. The van der Waals surface area contributed by atoms with Gasteiger partial charge in [0.1, 0.15) is 23.9 Å². The molecule has 1 spiro atoms. The quantitative estimate of drug-likeness (QED) is 0.544. The number of carbonyl (C=O) groups excluding carboxylic acids is 1. The highest BCUT2D eigenvalue weighted by atomic mass is 16.7. The Morgan fingerprint density at radius 3 is 3.07 bits per heavy atom. The van der Waals surface area contributed by atoms with Gasteiger partial charge in [-0.2, -0.15) is 0 Å². The fourth-order valence-corrected chi connectivity index (χ4v) is 3.46. The van der Waals surface area contributed by atoms with E-state index in [-0.39, 0.29) is 41.9 Å². The molecule has 3 aliphatic heterocycles. The van der Waals surface area contributed by atoms with Gasteiger partial charge in [0.05, 0.1) is 12.2 Å². The summed E-state index contributed by atoms with van der Waals surface area (Å²) in [6.45, 7) is 2.09. The molecule has 0 aromatic rings. The number of ketones is 1. The van der Waals surface area contributed by atoms with E-state index in [0.29, 0.717) is 6.42 Å². The van der Waals surface area contributed by atoms with Crippen LogP contribution in [0.1, 0.15) is 26.2 Å². The van der Waals surface area contributed by atoms with Gasteiger partial charge in [-0.15, -0.1) is 0 Å². The zero-order valence-electron chi connectivity index (χ0n) is 8.64. The van der Waals surface area contributed by atoms with Gasteiger partial charge in [-0.3, -0.25) is 4.79 Å². The fourth-order valence-electron chi connectivity index (χ4n) is 3.46. The average Bonchev–Trinajstić information content (AvgIpc) is 2.93. The number of Topliss-reactive ketones (excluding diaryl/α,β-unsaturated/α-hetero) is 1. The third-order valence-electron chi connectivity index (χ3n) is 4.20. The average molecular weight is 210 g/mol. The van der Waals surface area contributed by atoms with Crippen LogP contribution in [0.5, 0.6) is 0 Å². The summed E-state index contributed by atoms with van der Waals surface area (Å²) in [6, 6.07) is 0. The number of fused-ring (bicyclic) bond motifs is 2. The van der Waals surface area contributed by atoms with Crippen molar-refractivity contribution >= 4 is 5.78 Å². The van der Waals surface area contributed by atoms with Crippen molar-refractivity contribution in [2.75, 3.05) is 0 Å². The van der Waals surface area contributed by atoms with E-state index in [0.717, 1.165) is 12.8 Å². The zero-order valence-corrected chi connectivity index (χ0v) is 8.64. The molecule has 4 nitrogen and oxygen atoms in total. The van der Waals surface area contributed by atoms with Crippen LogP contribution >= 0.6 is 0 Å². The maximum absolute atomic E-state index is 11.7. The summed E-state index contributed by atoms with van der Waals surface area (Å²) >= 11 is 0. The summed E-state index contributed by atoms with van der Waals surface area (Å²) in [4.78, 5) is 11.7. The molecule has 0 radical (unpaired) electrons. The molecule has 1 saturated carbocycles. The minimum Gasteiger partial charge on any atom is -0.366 e. The lowest BCUT2D eigenvalue weighted by Gasteiger charge is -2.40. The summed E-state index contributed by atoms with van der Waals surface area (Å²) in [6.07, 6.45) is 2.57. The molecule has 0 N–H and O–H groups in total. The molecule has 4 rings (SSSR count). The van der Waals surface area contributed by atoms with Crippen LogP contribution in [0.25, 0.3) is 0 Å². The van der Waals surface area contributed by atoms with Crippen molar-refractivity contribution in [1.29, 1.82) is 0 Å². The number of rotatable bonds is 0. The summed E-state index contributed by atoms with van der Waals surface area (Å²) < 4.78 is 17.3. The van der Waals surface area contributed by atoms with Crippen LogP contribution in [0.2, 0.25) is 0 Å². The van der Waals surface area contributed by atoms with Crippen molar-refractivity contribution in [2.45, 2.75) is 62.3 Å². The Kier molecular flexibility index (Phi) is 1.41. The summed E-state index contributed by atoms with van der Waals surface area (Å²) in [7, 11) is 0. The van der Waals surface area contributed by atoms with Crippen molar-refractivity contribution in [1.82, 2.24) is 0 Å². The number of hydrogen-bond donors (Lipinski definition) is 0. The van der Waals surface area contributed by atoms with E-state index >= 15 is 0 Å². The molecule has 3 saturated heterocycles. The van der Waals surface area contributed by atoms with Crippen molar-refractivity contribution in [2.24, 2.45) is 0 Å². The van der Waals surface area contributed by atoms with E-state index in [1.165, 1.54) is 0 Å². The third-order valence-corrected chi connectivity index (χ3v) is 4.20. The number of hydrogen-bond acceptors (Lipinski definition) is 4. The van der Waals surface area contributed by atoms with Crippen LogP contribution in [-0.4, -0.2) is 41.9 Å². The van der Waals surface area contributed by atoms with Gasteiger partial charge in [0.25, 0.3) is 0 Å². The van der Waals surface area contributed by atoms with Crippen LogP contribution in [0.4, 0.5) is 0 Å². The van der Waals surface area contributed by atoms with Crippen LogP contribution in [0, 0.1) is 0 Å². The van der Waals surface area contributed by atoms with Crippen molar-refractivity contribution in [3.63, 3.8) is 0 Å². The van der Waals surface area contributed by atoms with Gasteiger partial charge >= 0.3 is 0 Å². The van der Waals surface area contributed by atoms with Crippen molar-refractivity contribution in [3.05, 3.63) is 0 Å². The van der Waals surface area contributed by atoms with E-state index in [4.69, 9.17) is 14.2 Å². The molecule has 15 heavy (non-hydrogen) atoms. The molecule has 4 heteroatoms. The van der Waals surface area contributed by atoms with Gasteiger partial charge in [-0.05, 0) is 19.8 Å². The van der Waals surface area contributed by atoms with Gasteiger partial charge in [-0.1, -0.05) is 0 Å². The predicted molar refractivity (Wildman–Crippen MR) is 49.5 cm³/mol. The highest BCUT2D eigenvalue weighted by molar-refractivity contribution is 5.92. The Morgan fingerprint density at radius 2 is 2.20 bits per heavy atom. The van der Waals surface area contributed by atoms with Crippen LogP contribution in [0.15, 0.2) is 0 Å². The Morgan fingerprint density at radius 1 is 1.33 bits per heavy atom. The maximum Gasteiger partial charge on any atom is 0.193 e. The normalized spacial score (nSPS) is 61.1. The molecule has 82 valence electrons. The Labute approximate surface area is 87.9 Å². The van der Waals surface area contributed by atoms with Gasteiger partial charge in [0.2, 0.25) is 0 Å². The monoisotopic (exact) mass is 210 g/mol. The highest BCUT2D eigenvalue weighted by Crippen LogP contribution is 2.55. The lowest BCUT2D eigenvalue weighted by Crippen LogP contribution is -2.54. The van der Waals surface area contributed by atoms with Crippen LogP contribution in [0.3, 0.4) is 0 Å². The molecule has 0 aromatic carbocycles. The fraction of sp³-hybridized carbons (Fsp3) is 0.909. The maximum atomic E-state index is 11.7. The van der Waals surface area contributed by atoms with E-state index in [1.54, 1.807) is 0 Å². The topological polar surface area (TPSA) is 48.1 Å². The smallest absolute Gasteiger partial charge is 0.193 e. The zero-order chi connectivity index (χ0) is 10.2. The molecule has 6 atom stereocenters. The summed E-state index contributed by atoms with van der Waals surface area (Å²) in [5.41, 5.74) is -0.291. The largest absolute Gasteiger partial charge is 0.366 e. The SMILES string of the molecule is C[C@H]1CC[C@@H]2O[C@@H]3C[C@@]2(O1)[C@H]1OC1C3=O. The van der Waals surface area contributed by atoms with E-state index in [1.807, 2.05) is 0 Å². The Bertz CT molecular complexity index is 341. The van der Waals surface area contributed by atoms with Gasteiger partial charge in [-0.25, -0.2) is 0 Å². The van der Waals surface area contributed by atoms with Crippen molar-refractivity contribution < 1.29 is 19.0 Å². The summed E-state index contributed by atoms with van der Waals surface area (Å²) in [5.74, 6) is 0.135. The molecular weight excluding hydrogens is 196 g/mol. The minimum atomic E-state index is -0.291. The molecule has 2 bridgehead atoms. The van der Waals surface area contributed by atoms with Gasteiger partial charge in [0, 0.05) is 6.42 Å². The number of ether oxygens (including phenoxy) is 3. The van der Waals surface area contributed by atoms with Gasteiger partial charge < -0.3 is 14.2 Å². The molecular formula is C11H14O4. The molecule has 0 amide bonds. The highest BCUT2D eigenvalue weighted by Gasteiger charge is 2.73. The molecule has 1 unspecified atom stereocenters. The third kappa shape index (κ3) is 0.911. The molecule has 4 fully saturated rings. The molecule has 1 aliphatic carbocycles. The Hall–Kier alpha value is -0.450.